The second-order valence-electron chi connectivity index (χ2n) is 7.64. The Bertz CT molecular complexity index is 887. The van der Waals surface area contributed by atoms with Crippen molar-refractivity contribution in [2.75, 3.05) is 32.7 Å². The van der Waals surface area contributed by atoms with Gasteiger partial charge in [0.25, 0.3) is 5.91 Å². The first kappa shape index (κ1) is 15.9. The van der Waals surface area contributed by atoms with Crippen molar-refractivity contribution in [3.63, 3.8) is 0 Å². The van der Waals surface area contributed by atoms with Crippen LogP contribution >= 0.6 is 0 Å². The predicted octanol–water partition coefficient (Wildman–Crippen LogP) is 1.30. The lowest BCUT2D eigenvalue weighted by Crippen LogP contribution is -2.64. The van der Waals surface area contributed by atoms with Crippen LogP contribution in [0.1, 0.15) is 34.5 Å². The van der Waals surface area contributed by atoms with Crippen molar-refractivity contribution in [2.45, 2.75) is 31.7 Å². The number of carbonyl (C=O) groups is 2. The van der Waals surface area contributed by atoms with Gasteiger partial charge in [-0.1, -0.05) is 6.07 Å². The largest absolute Gasteiger partial charge is 0.358 e. The number of hydrogen-bond donors (Lipinski definition) is 2. The highest BCUT2D eigenvalue weighted by Crippen LogP contribution is 2.30. The van der Waals surface area contributed by atoms with Crippen LogP contribution in [0, 0.1) is 0 Å². The molecule has 136 valence electrons. The molecule has 2 aromatic rings. The average molecular weight is 352 g/mol. The maximum atomic E-state index is 13.0. The van der Waals surface area contributed by atoms with E-state index in [1.165, 1.54) is 29.5 Å². The number of amides is 2. The van der Waals surface area contributed by atoms with Gasteiger partial charge in [-0.3, -0.25) is 14.5 Å². The van der Waals surface area contributed by atoms with Gasteiger partial charge in [0.1, 0.15) is 6.04 Å². The van der Waals surface area contributed by atoms with E-state index in [1.807, 2.05) is 17.0 Å². The van der Waals surface area contributed by atoms with Gasteiger partial charge < -0.3 is 15.2 Å². The lowest BCUT2D eigenvalue weighted by atomic mass is 9.95. The van der Waals surface area contributed by atoms with E-state index in [0.29, 0.717) is 25.2 Å². The lowest BCUT2D eigenvalue weighted by Gasteiger charge is -2.43. The Morgan fingerprint density at radius 1 is 1.12 bits per heavy atom. The van der Waals surface area contributed by atoms with Gasteiger partial charge in [-0.25, -0.2) is 0 Å². The van der Waals surface area contributed by atoms with E-state index in [4.69, 9.17) is 0 Å². The minimum absolute atomic E-state index is 0.0255. The molecule has 0 saturated carbocycles. The molecule has 1 atom stereocenters. The van der Waals surface area contributed by atoms with Crippen molar-refractivity contribution in [1.29, 1.82) is 0 Å². The quantitative estimate of drug-likeness (QED) is 0.813. The van der Waals surface area contributed by atoms with Crippen molar-refractivity contribution in [3.8, 4) is 0 Å². The van der Waals surface area contributed by atoms with Crippen molar-refractivity contribution in [1.82, 2.24) is 20.1 Å². The number of nitrogens with zero attached hydrogens (tertiary/aromatic N) is 2. The van der Waals surface area contributed by atoms with Crippen LogP contribution in [0.2, 0.25) is 0 Å². The molecule has 1 aromatic heterocycles. The molecule has 2 saturated heterocycles. The molecular formula is C20H24N4O2. The zero-order valence-electron chi connectivity index (χ0n) is 14.9. The van der Waals surface area contributed by atoms with Gasteiger partial charge in [0, 0.05) is 54.9 Å². The number of nitrogens with one attached hydrogen (secondary N) is 2. The molecule has 1 aliphatic carbocycles. The third-order valence-electron chi connectivity index (χ3n) is 6.12. The number of carbonyl (C=O) groups excluding carboxylic acids is 2. The normalized spacial score (nSPS) is 23.5. The Labute approximate surface area is 152 Å². The molecule has 3 heterocycles. The van der Waals surface area contributed by atoms with Gasteiger partial charge in [0.15, 0.2) is 0 Å². The summed E-state index contributed by atoms with van der Waals surface area (Å²) in [7, 11) is 0. The summed E-state index contributed by atoms with van der Waals surface area (Å²) in [6, 6.07) is 5.82. The molecule has 0 spiro atoms. The maximum absolute atomic E-state index is 13.0. The fourth-order valence-electron chi connectivity index (χ4n) is 4.69. The van der Waals surface area contributed by atoms with Gasteiger partial charge in [-0.2, -0.15) is 0 Å². The summed E-state index contributed by atoms with van der Waals surface area (Å²) in [5.41, 5.74) is 4.54. The number of fused-ring (bicyclic) bond motifs is 4. The number of aromatic nitrogens is 1. The topological polar surface area (TPSA) is 68.4 Å². The summed E-state index contributed by atoms with van der Waals surface area (Å²) in [5.74, 6) is 0.0683. The molecule has 2 N–H and O–H groups in total. The second-order valence-corrected chi connectivity index (χ2v) is 7.64. The molecule has 6 nitrogen and oxygen atoms in total. The summed E-state index contributed by atoms with van der Waals surface area (Å²) in [4.78, 5) is 32.7. The second kappa shape index (κ2) is 6.13. The van der Waals surface area contributed by atoms with E-state index in [9.17, 15) is 9.59 Å². The molecule has 0 unspecified atom stereocenters. The van der Waals surface area contributed by atoms with E-state index in [0.717, 1.165) is 31.4 Å². The van der Waals surface area contributed by atoms with Gasteiger partial charge in [-0.15, -0.1) is 0 Å². The highest BCUT2D eigenvalue weighted by Gasteiger charge is 2.36. The minimum Gasteiger partial charge on any atom is -0.358 e. The monoisotopic (exact) mass is 352 g/mol. The molecule has 6 heteroatoms. The fraction of sp³-hybridized carbons (Fsp3) is 0.500. The molecular weight excluding hydrogens is 328 g/mol. The van der Waals surface area contributed by atoms with Crippen molar-refractivity contribution < 1.29 is 9.59 Å². The van der Waals surface area contributed by atoms with Crippen LogP contribution in [-0.4, -0.2) is 65.4 Å². The first-order valence-corrected chi connectivity index (χ1v) is 9.65. The van der Waals surface area contributed by atoms with E-state index < -0.39 is 0 Å². The van der Waals surface area contributed by atoms with Crippen LogP contribution in [0.15, 0.2) is 18.2 Å². The number of aryl methyl sites for hydroxylation is 2. The average Bonchev–Trinajstić information content (AvgIpc) is 3.05. The van der Waals surface area contributed by atoms with Gasteiger partial charge >= 0.3 is 0 Å². The van der Waals surface area contributed by atoms with Crippen molar-refractivity contribution >= 4 is 22.7 Å². The Morgan fingerprint density at radius 2 is 2.00 bits per heavy atom. The number of H-pyrrole nitrogens is 1. The van der Waals surface area contributed by atoms with E-state index >= 15 is 0 Å². The molecule has 26 heavy (non-hydrogen) atoms. The lowest BCUT2D eigenvalue weighted by molar-refractivity contribution is -0.131. The third-order valence-corrected chi connectivity index (χ3v) is 6.12. The van der Waals surface area contributed by atoms with Crippen LogP contribution < -0.4 is 5.32 Å². The molecule has 2 fully saturated rings. The third kappa shape index (κ3) is 2.51. The van der Waals surface area contributed by atoms with E-state index in [1.54, 1.807) is 0 Å². The standard InChI is InChI=1S/C20H24N4O2/c25-19-18-12-24(10-9-23(18)8-7-21-19)20(26)13-5-6-15-14-3-1-2-4-16(14)22-17(15)11-13/h5-6,11,18,22H,1-4,7-10,12H2,(H,21,25)/t18-/m1/s1. The highest BCUT2D eigenvalue weighted by atomic mass is 16.2. The summed E-state index contributed by atoms with van der Waals surface area (Å²) in [6.45, 7) is 3.50. The van der Waals surface area contributed by atoms with Crippen LogP contribution in [0.5, 0.6) is 0 Å². The van der Waals surface area contributed by atoms with Crippen LogP contribution in [-0.2, 0) is 17.6 Å². The van der Waals surface area contributed by atoms with Crippen molar-refractivity contribution in [3.05, 3.63) is 35.0 Å². The smallest absolute Gasteiger partial charge is 0.254 e. The first-order chi connectivity index (χ1) is 12.7. The van der Waals surface area contributed by atoms with E-state index in [-0.39, 0.29) is 17.9 Å². The van der Waals surface area contributed by atoms with Crippen LogP contribution in [0.4, 0.5) is 0 Å². The number of aromatic amines is 1. The Kier molecular flexibility index (Phi) is 3.74. The summed E-state index contributed by atoms with van der Waals surface area (Å²) < 4.78 is 0. The number of hydrogen-bond acceptors (Lipinski definition) is 3. The summed E-state index contributed by atoms with van der Waals surface area (Å²) in [5, 5.41) is 4.17. The predicted molar refractivity (Wildman–Crippen MR) is 99.2 cm³/mol. The summed E-state index contributed by atoms with van der Waals surface area (Å²) in [6.07, 6.45) is 4.71. The first-order valence-electron chi connectivity index (χ1n) is 9.65. The number of benzene rings is 1. The minimum atomic E-state index is -0.206. The maximum Gasteiger partial charge on any atom is 0.254 e. The number of rotatable bonds is 1. The van der Waals surface area contributed by atoms with Crippen molar-refractivity contribution in [2.24, 2.45) is 0 Å². The van der Waals surface area contributed by atoms with E-state index in [2.05, 4.69) is 21.3 Å². The fourth-order valence-corrected chi connectivity index (χ4v) is 4.69. The highest BCUT2D eigenvalue weighted by molar-refractivity contribution is 5.99. The van der Waals surface area contributed by atoms with Gasteiger partial charge in [0.2, 0.25) is 5.91 Å². The number of piperazine rings is 2. The molecule has 0 bridgehead atoms. The molecule has 0 radical (unpaired) electrons. The molecule has 2 amide bonds. The summed E-state index contributed by atoms with van der Waals surface area (Å²) >= 11 is 0. The Balaban J connectivity index is 1.40. The molecule has 5 rings (SSSR count). The zero-order valence-corrected chi connectivity index (χ0v) is 14.9. The van der Waals surface area contributed by atoms with Crippen LogP contribution in [0.3, 0.4) is 0 Å². The Hall–Kier alpha value is -2.34. The van der Waals surface area contributed by atoms with Gasteiger partial charge in [0.05, 0.1) is 0 Å². The molecule has 1 aromatic carbocycles. The van der Waals surface area contributed by atoms with Crippen LogP contribution in [0.25, 0.3) is 10.9 Å². The SMILES string of the molecule is O=C1NCCN2CCN(C(=O)c3ccc4c5c([nH]c4c3)CCCC5)C[C@H]12. The molecule has 3 aliphatic rings. The zero-order chi connectivity index (χ0) is 17.7. The Morgan fingerprint density at radius 3 is 2.92 bits per heavy atom. The molecule has 2 aliphatic heterocycles. The van der Waals surface area contributed by atoms with Gasteiger partial charge in [-0.05, 0) is 43.4 Å².